The molecule has 9 heteroatoms. The standard InChI is InChI=1S/C25H38N6O3/c1-17-12-24(29-31(17)10-4-5-11-32)28-22-13-21(14-23-25(22)27-16-30(23)3)34-20-8-6-19(7-9-20)26-15-18(2)33/h12-14,16,18-20,26,32-33H,4-11,15H2,1-3H3,(H,28,29)/t18-,19?,20?/m0/s1. The number of hydrogen-bond donors (Lipinski definition) is 4. The topological polar surface area (TPSA) is 109 Å². The highest BCUT2D eigenvalue weighted by Gasteiger charge is 2.23. The van der Waals surface area contributed by atoms with Crippen LogP contribution >= 0.6 is 0 Å². The van der Waals surface area contributed by atoms with Crippen molar-refractivity contribution < 1.29 is 14.9 Å². The zero-order valence-corrected chi connectivity index (χ0v) is 20.5. The highest BCUT2D eigenvalue weighted by atomic mass is 16.5. The number of aliphatic hydroxyl groups is 2. The fourth-order valence-corrected chi connectivity index (χ4v) is 4.59. The first kappa shape index (κ1) is 24.5. The van der Waals surface area contributed by atoms with E-state index in [-0.39, 0.29) is 18.8 Å². The Morgan fingerprint density at radius 3 is 2.71 bits per heavy atom. The molecule has 3 aromatic rings. The van der Waals surface area contributed by atoms with E-state index in [1.54, 1.807) is 0 Å². The third-order valence-electron chi connectivity index (χ3n) is 6.50. The number of aryl methyl sites for hydroxylation is 3. The SMILES string of the molecule is Cc1cc(Nc2cc(OC3CCC(NC[C@H](C)O)CC3)cc3c2ncn3C)nn1CCCCO. The summed E-state index contributed by atoms with van der Waals surface area (Å²) in [6, 6.07) is 6.56. The molecule has 4 N–H and O–H groups in total. The number of anilines is 2. The molecule has 1 aromatic carbocycles. The molecule has 1 aliphatic rings. The number of rotatable bonds is 11. The van der Waals surface area contributed by atoms with Crippen molar-refractivity contribution in [1.29, 1.82) is 0 Å². The highest BCUT2D eigenvalue weighted by Crippen LogP contribution is 2.32. The Kier molecular flexibility index (Phi) is 8.07. The average molecular weight is 471 g/mol. The van der Waals surface area contributed by atoms with Gasteiger partial charge in [-0.3, -0.25) is 4.68 Å². The van der Waals surface area contributed by atoms with Crippen molar-refractivity contribution in [2.45, 2.75) is 77.2 Å². The first-order chi connectivity index (χ1) is 16.4. The lowest BCUT2D eigenvalue weighted by molar-refractivity contribution is 0.131. The summed E-state index contributed by atoms with van der Waals surface area (Å²) in [7, 11) is 1.99. The van der Waals surface area contributed by atoms with Crippen LogP contribution in [0, 0.1) is 6.92 Å². The minimum absolute atomic E-state index is 0.177. The van der Waals surface area contributed by atoms with Crippen LogP contribution in [-0.2, 0) is 13.6 Å². The number of unbranched alkanes of at least 4 members (excludes halogenated alkanes) is 1. The van der Waals surface area contributed by atoms with E-state index in [2.05, 4.69) is 21.7 Å². The molecule has 0 bridgehead atoms. The van der Waals surface area contributed by atoms with Crippen molar-refractivity contribution in [2.24, 2.45) is 7.05 Å². The maximum Gasteiger partial charge on any atom is 0.152 e. The fraction of sp³-hybridized carbons (Fsp3) is 0.600. The summed E-state index contributed by atoms with van der Waals surface area (Å²) in [6.07, 6.45) is 7.40. The van der Waals surface area contributed by atoms with Gasteiger partial charge in [0.05, 0.1) is 29.7 Å². The summed E-state index contributed by atoms with van der Waals surface area (Å²) in [5.74, 6) is 1.60. The van der Waals surface area contributed by atoms with E-state index in [9.17, 15) is 5.11 Å². The van der Waals surface area contributed by atoms with E-state index in [0.717, 1.165) is 79.1 Å². The molecule has 1 aliphatic carbocycles. The van der Waals surface area contributed by atoms with Crippen LogP contribution in [0.2, 0.25) is 0 Å². The van der Waals surface area contributed by atoms with Gasteiger partial charge in [-0.05, 0) is 52.4 Å². The van der Waals surface area contributed by atoms with Crippen molar-refractivity contribution in [1.82, 2.24) is 24.6 Å². The molecular weight excluding hydrogens is 432 g/mol. The smallest absolute Gasteiger partial charge is 0.152 e. The molecule has 0 saturated heterocycles. The molecule has 0 amide bonds. The number of aromatic nitrogens is 4. The first-order valence-electron chi connectivity index (χ1n) is 12.4. The van der Waals surface area contributed by atoms with Crippen LogP contribution < -0.4 is 15.4 Å². The van der Waals surface area contributed by atoms with Gasteiger partial charge in [-0.15, -0.1) is 0 Å². The molecule has 9 nitrogen and oxygen atoms in total. The molecule has 0 spiro atoms. The van der Waals surface area contributed by atoms with Crippen molar-refractivity contribution >= 4 is 22.5 Å². The monoisotopic (exact) mass is 470 g/mol. The van der Waals surface area contributed by atoms with E-state index in [1.807, 2.05) is 48.6 Å². The normalized spacial score (nSPS) is 19.4. The summed E-state index contributed by atoms with van der Waals surface area (Å²) >= 11 is 0. The lowest BCUT2D eigenvalue weighted by atomic mass is 9.93. The maximum absolute atomic E-state index is 9.50. The second kappa shape index (κ2) is 11.2. The second-order valence-electron chi connectivity index (χ2n) is 9.49. The van der Waals surface area contributed by atoms with Gasteiger partial charge in [-0.25, -0.2) is 4.98 Å². The molecule has 34 heavy (non-hydrogen) atoms. The van der Waals surface area contributed by atoms with Gasteiger partial charge in [-0.1, -0.05) is 0 Å². The predicted molar refractivity (Wildman–Crippen MR) is 134 cm³/mol. The molecule has 0 radical (unpaired) electrons. The van der Waals surface area contributed by atoms with Crippen LogP contribution in [-0.4, -0.2) is 60.9 Å². The molecule has 1 atom stereocenters. The summed E-state index contributed by atoms with van der Waals surface area (Å²) in [6.45, 7) is 5.48. The van der Waals surface area contributed by atoms with E-state index in [1.165, 1.54) is 0 Å². The Morgan fingerprint density at radius 1 is 1.18 bits per heavy atom. The third kappa shape index (κ3) is 6.08. The van der Waals surface area contributed by atoms with Gasteiger partial charge in [-0.2, -0.15) is 5.10 Å². The number of ether oxygens (including phenoxy) is 1. The van der Waals surface area contributed by atoms with Crippen LogP contribution in [0.4, 0.5) is 11.5 Å². The van der Waals surface area contributed by atoms with Crippen LogP contribution in [0.25, 0.3) is 11.0 Å². The van der Waals surface area contributed by atoms with Crippen LogP contribution in [0.5, 0.6) is 5.75 Å². The number of aliphatic hydroxyl groups excluding tert-OH is 2. The maximum atomic E-state index is 9.50. The Bertz CT molecular complexity index is 1070. The molecule has 4 rings (SSSR count). The zero-order chi connectivity index (χ0) is 24.1. The van der Waals surface area contributed by atoms with E-state index < -0.39 is 0 Å². The second-order valence-corrected chi connectivity index (χ2v) is 9.49. The first-order valence-corrected chi connectivity index (χ1v) is 12.4. The van der Waals surface area contributed by atoms with Gasteiger partial charge < -0.3 is 30.2 Å². The molecule has 2 aromatic heterocycles. The molecule has 2 heterocycles. The minimum atomic E-state index is -0.318. The summed E-state index contributed by atoms with van der Waals surface area (Å²) in [4.78, 5) is 4.59. The largest absolute Gasteiger partial charge is 0.490 e. The lowest BCUT2D eigenvalue weighted by Gasteiger charge is -2.30. The lowest BCUT2D eigenvalue weighted by Crippen LogP contribution is -2.39. The van der Waals surface area contributed by atoms with Crippen molar-refractivity contribution in [3.63, 3.8) is 0 Å². The van der Waals surface area contributed by atoms with Gasteiger partial charge in [0.1, 0.15) is 11.3 Å². The zero-order valence-electron chi connectivity index (χ0n) is 20.5. The molecule has 1 fully saturated rings. The molecular formula is C25H38N6O3. The quantitative estimate of drug-likeness (QED) is 0.319. The minimum Gasteiger partial charge on any atom is -0.490 e. The van der Waals surface area contributed by atoms with Gasteiger partial charge in [0, 0.05) is 56.7 Å². The summed E-state index contributed by atoms with van der Waals surface area (Å²) in [5.41, 5.74) is 3.84. The van der Waals surface area contributed by atoms with Crippen LogP contribution in [0.3, 0.4) is 0 Å². The number of nitrogens with one attached hydrogen (secondary N) is 2. The fourth-order valence-electron chi connectivity index (χ4n) is 4.59. The highest BCUT2D eigenvalue weighted by molar-refractivity contribution is 5.91. The number of imidazole rings is 1. The van der Waals surface area contributed by atoms with Gasteiger partial charge in [0.15, 0.2) is 5.82 Å². The Hall–Kier alpha value is -2.62. The Balaban J connectivity index is 1.46. The molecule has 186 valence electrons. The van der Waals surface area contributed by atoms with Crippen molar-refractivity contribution in [2.75, 3.05) is 18.5 Å². The number of fused-ring (bicyclic) bond motifs is 1. The van der Waals surface area contributed by atoms with Crippen LogP contribution in [0.1, 0.15) is 51.1 Å². The molecule has 0 aliphatic heterocycles. The Labute approximate surface area is 201 Å². The van der Waals surface area contributed by atoms with Crippen LogP contribution in [0.15, 0.2) is 24.5 Å². The average Bonchev–Trinajstić information content (AvgIpc) is 3.35. The number of benzene rings is 1. The summed E-state index contributed by atoms with van der Waals surface area (Å²) < 4.78 is 10.4. The molecule has 0 unspecified atom stereocenters. The molecule has 1 saturated carbocycles. The van der Waals surface area contributed by atoms with E-state index >= 15 is 0 Å². The number of nitrogens with zero attached hydrogens (tertiary/aromatic N) is 4. The van der Waals surface area contributed by atoms with E-state index in [0.29, 0.717) is 12.6 Å². The Morgan fingerprint density at radius 2 is 1.97 bits per heavy atom. The van der Waals surface area contributed by atoms with Crippen molar-refractivity contribution in [3.05, 3.63) is 30.2 Å². The van der Waals surface area contributed by atoms with E-state index in [4.69, 9.17) is 14.9 Å². The third-order valence-corrected chi connectivity index (χ3v) is 6.50. The van der Waals surface area contributed by atoms with Crippen molar-refractivity contribution in [3.8, 4) is 5.75 Å². The summed E-state index contributed by atoms with van der Waals surface area (Å²) in [5, 5.41) is 30.1. The van der Waals surface area contributed by atoms with Gasteiger partial charge in [0.2, 0.25) is 0 Å². The predicted octanol–water partition coefficient (Wildman–Crippen LogP) is 3.25. The number of hydrogen-bond acceptors (Lipinski definition) is 7. The van der Waals surface area contributed by atoms with Gasteiger partial charge in [0.25, 0.3) is 0 Å². The van der Waals surface area contributed by atoms with Gasteiger partial charge >= 0.3 is 0 Å².